The van der Waals surface area contributed by atoms with Gasteiger partial charge in [0.2, 0.25) is 10.0 Å². The Hall–Kier alpha value is -2.54. The third-order valence-electron chi connectivity index (χ3n) is 5.10. The van der Waals surface area contributed by atoms with E-state index in [9.17, 15) is 13.2 Å². The summed E-state index contributed by atoms with van der Waals surface area (Å²) in [5, 5.41) is 2.86. The van der Waals surface area contributed by atoms with Crippen LogP contribution in [-0.2, 0) is 26.8 Å². The quantitative estimate of drug-likeness (QED) is 0.831. The Bertz CT molecular complexity index is 1030. The molecule has 0 aliphatic carbocycles. The third kappa shape index (κ3) is 4.72. The SMILES string of the molecule is Cc1ccccc1CNC(=O)C1CN(S(C)(=O)=O)c2cc(C(C)(C)C)ccc2O1. The van der Waals surface area contributed by atoms with Crippen LogP contribution < -0.4 is 14.4 Å². The van der Waals surface area contributed by atoms with E-state index in [-0.39, 0.29) is 17.9 Å². The lowest BCUT2D eigenvalue weighted by molar-refractivity contribution is -0.127. The van der Waals surface area contributed by atoms with Crippen LogP contribution in [0, 0.1) is 6.92 Å². The Balaban J connectivity index is 1.85. The lowest BCUT2D eigenvalue weighted by atomic mass is 9.86. The summed E-state index contributed by atoms with van der Waals surface area (Å²) in [6, 6.07) is 13.3. The molecule has 1 heterocycles. The highest BCUT2D eigenvalue weighted by Crippen LogP contribution is 2.38. The molecular formula is C22H28N2O4S. The fraction of sp³-hybridized carbons (Fsp3) is 0.409. The van der Waals surface area contributed by atoms with Crippen molar-refractivity contribution < 1.29 is 17.9 Å². The zero-order chi connectivity index (χ0) is 21.4. The van der Waals surface area contributed by atoms with Crippen LogP contribution in [0.3, 0.4) is 0 Å². The summed E-state index contributed by atoms with van der Waals surface area (Å²) in [5.41, 5.74) is 3.42. The number of fused-ring (bicyclic) bond motifs is 1. The van der Waals surface area contributed by atoms with Gasteiger partial charge in [-0.3, -0.25) is 9.10 Å². The second kappa shape index (κ2) is 7.71. The third-order valence-corrected chi connectivity index (χ3v) is 6.25. The molecule has 0 spiro atoms. The van der Waals surface area contributed by atoms with E-state index in [0.717, 1.165) is 22.9 Å². The molecule has 7 heteroatoms. The monoisotopic (exact) mass is 416 g/mol. The number of aryl methyl sites for hydroxylation is 1. The number of amides is 1. The first-order chi connectivity index (χ1) is 13.5. The minimum absolute atomic E-state index is 0.0565. The van der Waals surface area contributed by atoms with E-state index in [0.29, 0.717) is 18.0 Å². The van der Waals surface area contributed by atoms with Crippen molar-refractivity contribution in [1.82, 2.24) is 5.32 Å². The molecule has 2 aromatic carbocycles. The fourth-order valence-corrected chi connectivity index (χ4v) is 4.18. The molecule has 1 N–H and O–H groups in total. The molecule has 29 heavy (non-hydrogen) atoms. The molecule has 1 aliphatic heterocycles. The summed E-state index contributed by atoms with van der Waals surface area (Å²) < 4.78 is 32.0. The average molecular weight is 417 g/mol. The Morgan fingerprint density at radius 1 is 1.21 bits per heavy atom. The lowest BCUT2D eigenvalue weighted by Crippen LogP contribution is -2.50. The molecule has 6 nitrogen and oxygen atoms in total. The molecular weight excluding hydrogens is 388 g/mol. The van der Waals surface area contributed by atoms with Crippen LogP contribution in [0.5, 0.6) is 5.75 Å². The highest BCUT2D eigenvalue weighted by atomic mass is 32.2. The first-order valence-corrected chi connectivity index (χ1v) is 11.4. The van der Waals surface area contributed by atoms with Gasteiger partial charge < -0.3 is 10.1 Å². The summed E-state index contributed by atoms with van der Waals surface area (Å²) in [5.74, 6) is 0.0539. The molecule has 0 saturated heterocycles. The van der Waals surface area contributed by atoms with E-state index < -0.39 is 16.1 Å². The van der Waals surface area contributed by atoms with E-state index in [1.807, 2.05) is 43.3 Å². The van der Waals surface area contributed by atoms with Gasteiger partial charge in [0.1, 0.15) is 5.75 Å². The molecule has 156 valence electrons. The van der Waals surface area contributed by atoms with E-state index in [1.54, 1.807) is 6.07 Å². The Kier molecular flexibility index (Phi) is 5.63. The minimum atomic E-state index is -3.57. The van der Waals surface area contributed by atoms with Crippen molar-refractivity contribution in [2.75, 3.05) is 17.1 Å². The van der Waals surface area contributed by atoms with Gasteiger partial charge in [-0.25, -0.2) is 8.42 Å². The van der Waals surface area contributed by atoms with Gasteiger partial charge in [0.15, 0.2) is 6.10 Å². The normalized spacial score (nSPS) is 16.7. The number of nitrogens with zero attached hydrogens (tertiary/aromatic N) is 1. The zero-order valence-electron chi connectivity index (χ0n) is 17.5. The Morgan fingerprint density at radius 3 is 2.52 bits per heavy atom. The first-order valence-electron chi connectivity index (χ1n) is 9.58. The van der Waals surface area contributed by atoms with E-state index in [2.05, 4.69) is 26.1 Å². The maximum absolute atomic E-state index is 12.7. The van der Waals surface area contributed by atoms with E-state index >= 15 is 0 Å². The van der Waals surface area contributed by atoms with E-state index in [4.69, 9.17) is 4.74 Å². The van der Waals surface area contributed by atoms with Crippen molar-refractivity contribution in [3.63, 3.8) is 0 Å². The predicted molar refractivity (Wildman–Crippen MR) is 115 cm³/mol. The first kappa shape index (κ1) is 21.2. The highest BCUT2D eigenvalue weighted by molar-refractivity contribution is 7.92. The summed E-state index contributed by atoms with van der Waals surface area (Å²) in [6.45, 7) is 8.47. The van der Waals surface area contributed by atoms with Gasteiger partial charge in [-0.15, -0.1) is 0 Å². The second-order valence-electron chi connectivity index (χ2n) is 8.48. The highest BCUT2D eigenvalue weighted by Gasteiger charge is 2.35. The number of nitrogens with one attached hydrogen (secondary N) is 1. The summed E-state index contributed by atoms with van der Waals surface area (Å²) in [7, 11) is -3.57. The number of carbonyl (C=O) groups excluding carboxylic acids is 1. The minimum Gasteiger partial charge on any atom is -0.476 e. The summed E-state index contributed by atoms with van der Waals surface area (Å²) >= 11 is 0. The number of anilines is 1. The number of hydrogen-bond donors (Lipinski definition) is 1. The molecule has 3 rings (SSSR count). The van der Waals surface area contributed by atoms with Gasteiger partial charge >= 0.3 is 0 Å². The van der Waals surface area contributed by atoms with Gasteiger partial charge in [0.25, 0.3) is 5.91 Å². The van der Waals surface area contributed by atoms with Gasteiger partial charge in [0.05, 0.1) is 18.5 Å². The zero-order valence-corrected chi connectivity index (χ0v) is 18.3. The lowest BCUT2D eigenvalue weighted by Gasteiger charge is -2.35. The van der Waals surface area contributed by atoms with Crippen LogP contribution in [-0.4, -0.2) is 33.2 Å². The molecule has 0 radical (unpaired) electrons. The van der Waals surface area contributed by atoms with Crippen molar-refractivity contribution in [1.29, 1.82) is 0 Å². The van der Waals surface area contributed by atoms with Crippen LogP contribution in [0.2, 0.25) is 0 Å². The molecule has 0 saturated carbocycles. The number of hydrogen-bond acceptors (Lipinski definition) is 4. The maximum atomic E-state index is 12.7. The van der Waals surface area contributed by atoms with Crippen LogP contribution in [0.1, 0.15) is 37.5 Å². The molecule has 1 aliphatic rings. The number of carbonyl (C=O) groups is 1. The second-order valence-corrected chi connectivity index (χ2v) is 10.4. The number of ether oxygens (including phenoxy) is 1. The van der Waals surface area contributed by atoms with Crippen LogP contribution in [0.15, 0.2) is 42.5 Å². The molecule has 0 bridgehead atoms. The summed E-state index contributed by atoms with van der Waals surface area (Å²) in [4.78, 5) is 12.7. The molecule has 0 fully saturated rings. The molecule has 0 aromatic heterocycles. The predicted octanol–water partition coefficient (Wildman–Crippen LogP) is 3.14. The number of rotatable bonds is 4. The standard InChI is InChI=1S/C22H28N2O4S/c1-15-8-6-7-9-16(15)13-23-21(25)20-14-24(29(5,26)27)18-12-17(22(2,3)4)10-11-19(18)28-20/h6-12,20H,13-14H2,1-5H3,(H,23,25). The van der Waals surface area contributed by atoms with Crippen molar-refractivity contribution in [3.05, 3.63) is 59.2 Å². The van der Waals surface area contributed by atoms with Crippen molar-refractivity contribution in [2.45, 2.75) is 45.8 Å². The van der Waals surface area contributed by atoms with Gasteiger partial charge in [0, 0.05) is 6.54 Å². The largest absolute Gasteiger partial charge is 0.476 e. The molecule has 1 amide bonds. The van der Waals surface area contributed by atoms with Crippen molar-refractivity contribution in [2.24, 2.45) is 0 Å². The van der Waals surface area contributed by atoms with Crippen LogP contribution in [0.25, 0.3) is 0 Å². The maximum Gasteiger partial charge on any atom is 0.263 e. The smallest absolute Gasteiger partial charge is 0.263 e. The van der Waals surface area contributed by atoms with Gasteiger partial charge in [-0.2, -0.15) is 0 Å². The molecule has 2 aromatic rings. The van der Waals surface area contributed by atoms with Crippen molar-refractivity contribution in [3.8, 4) is 5.75 Å². The van der Waals surface area contributed by atoms with Gasteiger partial charge in [-0.05, 0) is 41.2 Å². The Morgan fingerprint density at radius 2 is 1.90 bits per heavy atom. The topological polar surface area (TPSA) is 75.7 Å². The van der Waals surface area contributed by atoms with Crippen LogP contribution >= 0.6 is 0 Å². The molecule has 1 atom stereocenters. The Labute approximate surface area is 172 Å². The van der Waals surface area contributed by atoms with Crippen molar-refractivity contribution >= 4 is 21.6 Å². The number of sulfonamides is 1. The van der Waals surface area contributed by atoms with Gasteiger partial charge in [-0.1, -0.05) is 51.1 Å². The average Bonchev–Trinajstić information content (AvgIpc) is 2.64. The van der Waals surface area contributed by atoms with E-state index in [1.165, 1.54) is 4.31 Å². The summed E-state index contributed by atoms with van der Waals surface area (Å²) in [6.07, 6.45) is 0.232. The van der Waals surface area contributed by atoms with Crippen LogP contribution in [0.4, 0.5) is 5.69 Å². The fourth-order valence-electron chi connectivity index (χ4n) is 3.27. The molecule has 1 unspecified atom stereocenters. The number of benzene rings is 2.